The van der Waals surface area contributed by atoms with E-state index in [4.69, 9.17) is 9.47 Å². The molecule has 2 aromatic carbocycles. The second-order valence-corrected chi connectivity index (χ2v) is 5.02. The Bertz CT molecular complexity index is 695. The normalized spacial score (nSPS) is 10.0. The molecule has 0 aliphatic carbocycles. The highest BCUT2D eigenvalue weighted by Gasteiger charge is 2.12. The molecule has 0 unspecified atom stereocenters. The summed E-state index contributed by atoms with van der Waals surface area (Å²) in [6, 6.07) is 12.8. The second kappa shape index (κ2) is 8.03. The molecular weight excluding hydrogens is 290 g/mol. The van der Waals surface area contributed by atoms with E-state index < -0.39 is 0 Å². The molecule has 0 fully saturated rings. The van der Waals surface area contributed by atoms with Crippen molar-refractivity contribution in [3.05, 3.63) is 66.2 Å². The Morgan fingerprint density at radius 3 is 2.70 bits per heavy atom. The van der Waals surface area contributed by atoms with Gasteiger partial charge in [0.1, 0.15) is 6.61 Å². The monoisotopic (exact) mass is 311 g/mol. The van der Waals surface area contributed by atoms with E-state index in [-0.39, 0.29) is 5.91 Å². The fourth-order valence-corrected chi connectivity index (χ4v) is 2.11. The van der Waals surface area contributed by atoms with E-state index in [9.17, 15) is 4.79 Å². The van der Waals surface area contributed by atoms with E-state index >= 15 is 0 Å². The lowest BCUT2D eigenvalue weighted by atomic mass is 10.1. The summed E-state index contributed by atoms with van der Waals surface area (Å²) in [6.07, 6.45) is 1.66. The molecule has 0 heterocycles. The van der Waals surface area contributed by atoms with Gasteiger partial charge in [-0.1, -0.05) is 24.8 Å². The standard InChI is InChI=1S/C19H21NO3/c1-4-11-23-17-10-9-15(13-18(17)22-5-2)19(21)20-16-8-6-7-14(3)12-16/h4,6-10,12-13H,1,5,11H2,2-3H3,(H,20,21). The highest BCUT2D eigenvalue weighted by atomic mass is 16.5. The molecule has 0 spiro atoms. The first kappa shape index (κ1) is 16.6. The zero-order valence-electron chi connectivity index (χ0n) is 13.5. The maximum atomic E-state index is 12.4. The summed E-state index contributed by atoms with van der Waals surface area (Å²) in [7, 11) is 0. The van der Waals surface area contributed by atoms with Gasteiger partial charge in [0.25, 0.3) is 5.91 Å². The maximum absolute atomic E-state index is 12.4. The minimum absolute atomic E-state index is 0.188. The first-order chi connectivity index (χ1) is 11.1. The van der Waals surface area contributed by atoms with Gasteiger partial charge in [-0.15, -0.1) is 0 Å². The molecule has 4 nitrogen and oxygen atoms in total. The molecule has 0 radical (unpaired) electrons. The van der Waals surface area contributed by atoms with Crippen molar-refractivity contribution in [2.45, 2.75) is 13.8 Å². The van der Waals surface area contributed by atoms with Crippen LogP contribution >= 0.6 is 0 Å². The van der Waals surface area contributed by atoms with Gasteiger partial charge >= 0.3 is 0 Å². The molecule has 0 aliphatic heterocycles. The SMILES string of the molecule is C=CCOc1ccc(C(=O)Nc2cccc(C)c2)cc1OCC. The molecule has 0 saturated heterocycles. The van der Waals surface area contributed by atoms with Crippen LogP contribution in [-0.4, -0.2) is 19.1 Å². The van der Waals surface area contributed by atoms with Crippen LogP contribution in [0, 0.1) is 6.92 Å². The molecule has 1 N–H and O–H groups in total. The third-order valence-electron chi connectivity index (χ3n) is 3.14. The van der Waals surface area contributed by atoms with Crippen molar-refractivity contribution in [1.82, 2.24) is 0 Å². The molecule has 2 aromatic rings. The quantitative estimate of drug-likeness (QED) is 0.779. The molecule has 4 heteroatoms. The molecular formula is C19H21NO3. The molecule has 2 rings (SSSR count). The van der Waals surface area contributed by atoms with Crippen molar-refractivity contribution < 1.29 is 14.3 Å². The van der Waals surface area contributed by atoms with Crippen molar-refractivity contribution in [2.75, 3.05) is 18.5 Å². The summed E-state index contributed by atoms with van der Waals surface area (Å²) in [5, 5.41) is 2.88. The van der Waals surface area contributed by atoms with Crippen LogP contribution in [0.25, 0.3) is 0 Å². The Hall–Kier alpha value is -2.75. The van der Waals surface area contributed by atoms with Gasteiger partial charge in [0.2, 0.25) is 0 Å². The van der Waals surface area contributed by atoms with E-state index in [1.165, 1.54) is 0 Å². The Morgan fingerprint density at radius 1 is 1.17 bits per heavy atom. The van der Waals surface area contributed by atoms with Gasteiger partial charge in [-0.3, -0.25) is 4.79 Å². The van der Waals surface area contributed by atoms with Crippen molar-refractivity contribution >= 4 is 11.6 Å². The van der Waals surface area contributed by atoms with Gasteiger partial charge in [0.05, 0.1) is 6.61 Å². The molecule has 120 valence electrons. The van der Waals surface area contributed by atoms with Gasteiger partial charge in [-0.25, -0.2) is 0 Å². The lowest BCUT2D eigenvalue weighted by Gasteiger charge is -2.12. The minimum atomic E-state index is -0.188. The van der Waals surface area contributed by atoms with Gasteiger partial charge in [0, 0.05) is 11.3 Å². The van der Waals surface area contributed by atoms with Crippen LogP contribution in [0.2, 0.25) is 0 Å². The number of benzene rings is 2. The van der Waals surface area contributed by atoms with Crippen LogP contribution in [0.3, 0.4) is 0 Å². The van der Waals surface area contributed by atoms with Crippen LogP contribution in [0.1, 0.15) is 22.8 Å². The molecule has 0 aromatic heterocycles. The summed E-state index contributed by atoms with van der Waals surface area (Å²) in [5.74, 6) is 0.955. The largest absolute Gasteiger partial charge is 0.490 e. The first-order valence-electron chi connectivity index (χ1n) is 7.52. The zero-order chi connectivity index (χ0) is 16.7. The van der Waals surface area contributed by atoms with Gasteiger partial charge < -0.3 is 14.8 Å². The average Bonchev–Trinajstić information content (AvgIpc) is 2.54. The second-order valence-electron chi connectivity index (χ2n) is 5.02. The Balaban J connectivity index is 2.19. The maximum Gasteiger partial charge on any atom is 0.255 e. The highest BCUT2D eigenvalue weighted by molar-refractivity contribution is 6.04. The first-order valence-corrected chi connectivity index (χ1v) is 7.52. The smallest absolute Gasteiger partial charge is 0.255 e. The fourth-order valence-electron chi connectivity index (χ4n) is 2.11. The van der Waals surface area contributed by atoms with Crippen LogP contribution in [0.15, 0.2) is 55.1 Å². The van der Waals surface area contributed by atoms with Crippen molar-refractivity contribution in [3.8, 4) is 11.5 Å². The number of rotatable bonds is 7. The van der Waals surface area contributed by atoms with Crippen LogP contribution in [0.5, 0.6) is 11.5 Å². The summed E-state index contributed by atoms with van der Waals surface area (Å²) < 4.78 is 11.1. The van der Waals surface area contributed by atoms with Gasteiger partial charge in [0.15, 0.2) is 11.5 Å². The van der Waals surface area contributed by atoms with E-state index in [0.717, 1.165) is 11.3 Å². The van der Waals surface area contributed by atoms with Crippen molar-refractivity contribution in [3.63, 3.8) is 0 Å². The molecule has 1 amide bonds. The number of ether oxygens (including phenoxy) is 2. The van der Waals surface area contributed by atoms with E-state index in [2.05, 4.69) is 11.9 Å². The number of carbonyl (C=O) groups excluding carboxylic acids is 1. The summed E-state index contributed by atoms with van der Waals surface area (Å²) in [5.41, 5.74) is 2.37. The summed E-state index contributed by atoms with van der Waals surface area (Å²) in [6.45, 7) is 8.36. The topological polar surface area (TPSA) is 47.6 Å². The van der Waals surface area contributed by atoms with Crippen molar-refractivity contribution in [2.24, 2.45) is 0 Å². The number of nitrogens with one attached hydrogen (secondary N) is 1. The van der Waals surface area contributed by atoms with Crippen molar-refractivity contribution in [1.29, 1.82) is 0 Å². The number of hydrogen-bond donors (Lipinski definition) is 1. The predicted molar refractivity (Wildman–Crippen MR) is 92.4 cm³/mol. The molecule has 0 bridgehead atoms. The minimum Gasteiger partial charge on any atom is -0.490 e. The zero-order valence-corrected chi connectivity index (χ0v) is 13.5. The molecule has 0 aliphatic rings. The number of aryl methyl sites for hydroxylation is 1. The average molecular weight is 311 g/mol. The molecule has 0 saturated carbocycles. The van der Waals surface area contributed by atoms with E-state index in [1.54, 1.807) is 24.3 Å². The van der Waals surface area contributed by atoms with E-state index in [0.29, 0.717) is 30.3 Å². The number of anilines is 1. The number of hydrogen-bond acceptors (Lipinski definition) is 3. The highest BCUT2D eigenvalue weighted by Crippen LogP contribution is 2.29. The van der Waals surface area contributed by atoms with Gasteiger partial charge in [-0.2, -0.15) is 0 Å². The summed E-state index contributed by atoms with van der Waals surface area (Å²) in [4.78, 5) is 12.4. The van der Waals surface area contributed by atoms with Gasteiger partial charge in [-0.05, 0) is 49.7 Å². The molecule has 23 heavy (non-hydrogen) atoms. The Kier molecular flexibility index (Phi) is 5.80. The van der Waals surface area contributed by atoms with Crippen LogP contribution in [0.4, 0.5) is 5.69 Å². The number of amides is 1. The summed E-state index contributed by atoms with van der Waals surface area (Å²) >= 11 is 0. The molecule has 0 atom stereocenters. The lowest BCUT2D eigenvalue weighted by molar-refractivity contribution is 0.102. The van der Waals surface area contributed by atoms with Crippen LogP contribution in [-0.2, 0) is 0 Å². The third kappa shape index (κ3) is 4.61. The van der Waals surface area contributed by atoms with Crippen LogP contribution < -0.4 is 14.8 Å². The lowest BCUT2D eigenvalue weighted by Crippen LogP contribution is -2.12. The number of carbonyl (C=O) groups is 1. The Morgan fingerprint density at radius 2 is 2.00 bits per heavy atom. The fraction of sp³-hybridized carbons (Fsp3) is 0.211. The Labute approximate surface area is 136 Å². The predicted octanol–water partition coefficient (Wildman–Crippen LogP) is 4.21. The van der Waals surface area contributed by atoms with E-state index in [1.807, 2.05) is 38.1 Å². The third-order valence-corrected chi connectivity index (χ3v) is 3.14.